The van der Waals surface area contributed by atoms with Crippen LogP contribution in [0.1, 0.15) is 38.7 Å². The van der Waals surface area contributed by atoms with Crippen LogP contribution in [0.4, 0.5) is 5.69 Å². The number of para-hydroxylation sites is 1. The summed E-state index contributed by atoms with van der Waals surface area (Å²) in [5, 5.41) is 3.95. The van der Waals surface area contributed by atoms with Gasteiger partial charge in [0.1, 0.15) is 0 Å². The minimum atomic E-state index is 0.408. The molecule has 1 unspecified atom stereocenters. The Bertz CT molecular complexity index is 583. The molecule has 5 rings (SSSR count). The summed E-state index contributed by atoms with van der Waals surface area (Å²) in [4.78, 5) is 2.84. The van der Waals surface area contributed by atoms with E-state index < -0.39 is 0 Å². The van der Waals surface area contributed by atoms with Gasteiger partial charge < -0.3 is 5.32 Å². The zero-order valence-electron chi connectivity index (χ0n) is 13.2. The number of rotatable bonds is 1. The van der Waals surface area contributed by atoms with Gasteiger partial charge in [0.25, 0.3) is 0 Å². The third kappa shape index (κ3) is 1.34. The summed E-state index contributed by atoms with van der Waals surface area (Å²) in [6, 6.07) is 10.6. The Balaban J connectivity index is 1.68. The third-order valence-corrected chi connectivity index (χ3v) is 7.44. The van der Waals surface area contributed by atoms with Crippen molar-refractivity contribution >= 4 is 5.69 Å². The second-order valence-electron chi connectivity index (χ2n) is 7.90. The molecule has 2 bridgehead atoms. The molecule has 1 aromatic carbocycles. The highest BCUT2D eigenvalue weighted by atomic mass is 15.2. The predicted molar refractivity (Wildman–Crippen MR) is 86.6 cm³/mol. The topological polar surface area (TPSA) is 15.3 Å². The minimum Gasteiger partial charge on any atom is -0.381 e. The van der Waals surface area contributed by atoms with E-state index >= 15 is 0 Å². The molecule has 4 aliphatic rings. The summed E-state index contributed by atoms with van der Waals surface area (Å²) in [7, 11) is 0. The molecule has 3 aliphatic heterocycles. The van der Waals surface area contributed by atoms with Crippen LogP contribution in [0.2, 0.25) is 0 Å². The first-order valence-electron chi connectivity index (χ1n) is 8.86. The van der Waals surface area contributed by atoms with Gasteiger partial charge >= 0.3 is 0 Å². The Labute approximate surface area is 127 Å². The number of nitrogens with zero attached hydrogens (tertiary/aromatic N) is 1. The van der Waals surface area contributed by atoms with Gasteiger partial charge in [0.2, 0.25) is 0 Å². The fraction of sp³-hybridized carbons (Fsp3) is 0.684. The lowest BCUT2D eigenvalue weighted by molar-refractivity contribution is -0.0128. The van der Waals surface area contributed by atoms with Gasteiger partial charge in [-0.25, -0.2) is 0 Å². The van der Waals surface area contributed by atoms with Crippen LogP contribution in [0.5, 0.6) is 0 Å². The number of fused-ring (bicyclic) bond motifs is 2. The van der Waals surface area contributed by atoms with E-state index in [1.54, 1.807) is 5.56 Å². The van der Waals surface area contributed by atoms with Crippen molar-refractivity contribution in [3.05, 3.63) is 29.8 Å². The Morgan fingerprint density at radius 1 is 1.33 bits per heavy atom. The van der Waals surface area contributed by atoms with Crippen LogP contribution in [0.15, 0.2) is 24.3 Å². The van der Waals surface area contributed by atoms with Crippen LogP contribution in [-0.2, 0) is 5.41 Å². The van der Waals surface area contributed by atoms with Gasteiger partial charge in [0, 0.05) is 29.7 Å². The number of piperidine rings is 1. The maximum atomic E-state index is 3.95. The third-order valence-electron chi connectivity index (χ3n) is 7.44. The van der Waals surface area contributed by atoms with E-state index in [2.05, 4.69) is 48.3 Å². The molecule has 1 aromatic rings. The molecule has 112 valence electrons. The van der Waals surface area contributed by atoms with Crippen molar-refractivity contribution in [1.82, 2.24) is 4.90 Å². The molecule has 0 radical (unpaired) electrons. The molecule has 6 atom stereocenters. The average Bonchev–Trinajstić information content (AvgIpc) is 3.07. The van der Waals surface area contributed by atoms with Crippen LogP contribution in [0.3, 0.4) is 0 Å². The normalized spacial score (nSPS) is 46.9. The van der Waals surface area contributed by atoms with E-state index in [0.717, 1.165) is 23.8 Å². The predicted octanol–water partition coefficient (Wildman–Crippen LogP) is 3.49. The number of anilines is 1. The minimum absolute atomic E-state index is 0.408. The van der Waals surface area contributed by atoms with Crippen molar-refractivity contribution in [2.75, 3.05) is 18.4 Å². The number of nitrogens with one attached hydrogen (secondary N) is 1. The smallest absolute Gasteiger partial charge is 0.0402 e. The summed E-state index contributed by atoms with van der Waals surface area (Å²) in [5.74, 6) is 2.64. The summed E-state index contributed by atoms with van der Waals surface area (Å²) in [5.41, 5.74) is 3.46. The largest absolute Gasteiger partial charge is 0.381 e. The van der Waals surface area contributed by atoms with E-state index in [0.29, 0.717) is 11.5 Å². The lowest BCUT2D eigenvalue weighted by Crippen LogP contribution is -2.63. The van der Waals surface area contributed by atoms with Gasteiger partial charge in [-0.15, -0.1) is 0 Å². The lowest BCUT2D eigenvalue weighted by atomic mass is 9.55. The van der Waals surface area contributed by atoms with E-state index in [9.17, 15) is 0 Å². The molecule has 2 nitrogen and oxygen atoms in total. The van der Waals surface area contributed by atoms with Gasteiger partial charge in [0.05, 0.1) is 0 Å². The van der Waals surface area contributed by atoms with Crippen LogP contribution in [0.25, 0.3) is 0 Å². The van der Waals surface area contributed by atoms with E-state index in [4.69, 9.17) is 0 Å². The first-order valence-corrected chi connectivity index (χ1v) is 8.86. The van der Waals surface area contributed by atoms with Gasteiger partial charge in [-0.2, -0.15) is 0 Å². The van der Waals surface area contributed by atoms with Crippen LogP contribution >= 0.6 is 0 Å². The fourth-order valence-electron chi connectivity index (χ4n) is 6.52. The molecular weight excluding hydrogens is 256 g/mol. The van der Waals surface area contributed by atoms with E-state index in [-0.39, 0.29) is 0 Å². The summed E-state index contributed by atoms with van der Waals surface area (Å²) < 4.78 is 0. The van der Waals surface area contributed by atoms with Crippen LogP contribution < -0.4 is 5.32 Å². The molecule has 1 aliphatic carbocycles. The van der Waals surface area contributed by atoms with Crippen molar-refractivity contribution in [1.29, 1.82) is 0 Å². The zero-order chi connectivity index (χ0) is 14.2. The molecule has 0 amide bonds. The molecule has 3 fully saturated rings. The van der Waals surface area contributed by atoms with Crippen molar-refractivity contribution in [3.63, 3.8) is 0 Å². The summed E-state index contributed by atoms with van der Waals surface area (Å²) >= 11 is 0. The maximum absolute atomic E-state index is 3.95. The molecule has 21 heavy (non-hydrogen) atoms. The summed E-state index contributed by atoms with van der Waals surface area (Å²) in [6.45, 7) is 7.59. The van der Waals surface area contributed by atoms with Gasteiger partial charge in [-0.3, -0.25) is 4.90 Å². The molecule has 2 heteroatoms. The standard InChI is InChI=1S/C19H26N2/c1-3-13-11-21-9-8-19-15-6-4-5-7-16(15)20-18(19)12(2)14(13)10-17(19)21/h4-7,12-14,17-18,20H,3,8-11H2,1-2H3/t12-,13-,14-,17+,18+,19?/m1/s1. The molecule has 1 N–H and O–H groups in total. The van der Waals surface area contributed by atoms with Gasteiger partial charge in [-0.1, -0.05) is 38.5 Å². The van der Waals surface area contributed by atoms with E-state index in [1.807, 2.05) is 0 Å². The monoisotopic (exact) mass is 282 g/mol. The van der Waals surface area contributed by atoms with Crippen molar-refractivity contribution in [3.8, 4) is 0 Å². The van der Waals surface area contributed by atoms with E-state index in [1.165, 1.54) is 38.0 Å². The van der Waals surface area contributed by atoms with Crippen LogP contribution in [0, 0.1) is 17.8 Å². The Kier molecular flexibility index (Phi) is 2.41. The highest BCUT2D eigenvalue weighted by Gasteiger charge is 2.64. The second-order valence-corrected chi connectivity index (χ2v) is 7.90. The number of hydrogen-bond donors (Lipinski definition) is 1. The molecule has 1 spiro atoms. The highest BCUT2D eigenvalue weighted by Crippen LogP contribution is 2.61. The lowest BCUT2D eigenvalue weighted by Gasteiger charge is -2.56. The van der Waals surface area contributed by atoms with Crippen molar-refractivity contribution < 1.29 is 0 Å². The molecule has 2 saturated heterocycles. The first kappa shape index (κ1) is 12.5. The average molecular weight is 282 g/mol. The Hall–Kier alpha value is -1.02. The SMILES string of the molecule is CC[C@@H]1CN2CCC34c5ccccc5N[C@H]3[C@H](C)[C@H]1C[C@H]24. The fourth-order valence-corrected chi connectivity index (χ4v) is 6.52. The molecule has 0 aromatic heterocycles. The number of benzene rings is 1. The van der Waals surface area contributed by atoms with Gasteiger partial charge in [-0.05, 0) is 48.8 Å². The first-order chi connectivity index (χ1) is 10.3. The molecular formula is C19H26N2. The quantitative estimate of drug-likeness (QED) is 0.848. The summed E-state index contributed by atoms with van der Waals surface area (Å²) in [6.07, 6.45) is 4.15. The molecule has 3 heterocycles. The Morgan fingerprint density at radius 2 is 2.19 bits per heavy atom. The second kappa shape index (κ2) is 4.04. The highest BCUT2D eigenvalue weighted by molar-refractivity contribution is 5.64. The zero-order valence-corrected chi connectivity index (χ0v) is 13.2. The van der Waals surface area contributed by atoms with Crippen molar-refractivity contribution in [2.45, 2.75) is 50.6 Å². The Morgan fingerprint density at radius 3 is 3.05 bits per heavy atom. The number of hydrogen-bond acceptors (Lipinski definition) is 2. The van der Waals surface area contributed by atoms with Crippen LogP contribution in [-0.4, -0.2) is 30.1 Å². The maximum Gasteiger partial charge on any atom is 0.0402 e. The molecule has 1 saturated carbocycles. The van der Waals surface area contributed by atoms with Crippen molar-refractivity contribution in [2.24, 2.45) is 17.8 Å². The van der Waals surface area contributed by atoms with Gasteiger partial charge in [0.15, 0.2) is 0 Å².